The van der Waals surface area contributed by atoms with E-state index in [4.69, 9.17) is 15.7 Å². The fourth-order valence-electron chi connectivity index (χ4n) is 2.77. The number of anilines is 3. The van der Waals surface area contributed by atoms with Crippen molar-refractivity contribution in [1.82, 2.24) is 9.97 Å². The van der Waals surface area contributed by atoms with E-state index in [9.17, 15) is 0 Å². The second-order valence-corrected chi connectivity index (χ2v) is 6.25. The molecule has 0 fully saturated rings. The molecule has 0 bridgehead atoms. The van der Waals surface area contributed by atoms with E-state index in [0.29, 0.717) is 22.9 Å². The van der Waals surface area contributed by atoms with Crippen LogP contribution in [-0.4, -0.2) is 9.97 Å². The summed E-state index contributed by atoms with van der Waals surface area (Å²) in [7, 11) is 0. The molecular weight excluding hydrogens is 362 g/mol. The van der Waals surface area contributed by atoms with Crippen LogP contribution >= 0.6 is 0 Å². The topological polar surface area (TPSA) is 96.8 Å². The van der Waals surface area contributed by atoms with Gasteiger partial charge in [0.1, 0.15) is 17.3 Å². The molecule has 0 spiro atoms. The van der Waals surface area contributed by atoms with Gasteiger partial charge in [0, 0.05) is 17.3 Å². The van der Waals surface area contributed by atoms with Gasteiger partial charge in [0.15, 0.2) is 0 Å². The first kappa shape index (κ1) is 18.0. The molecule has 4 aromatic rings. The molecule has 6 nitrogen and oxygen atoms in total. The number of benzene rings is 3. The third-order valence-electron chi connectivity index (χ3n) is 4.16. The summed E-state index contributed by atoms with van der Waals surface area (Å²) in [6.07, 6.45) is 0. The molecule has 3 aromatic carbocycles. The minimum Gasteiger partial charge on any atom is -0.457 e. The lowest BCUT2D eigenvalue weighted by Crippen LogP contribution is -2.01. The van der Waals surface area contributed by atoms with E-state index < -0.39 is 0 Å². The van der Waals surface area contributed by atoms with Crippen molar-refractivity contribution in [2.45, 2.75) is 0 Å². The number of hydrogen-bond donors (Lipinski definition) is 2. The highest BCUT2D eigenvalue weighted by Crippen LogP contribution is 2.26. The summed E-state index contributed by atoms with van der Waals surface area (Å²) in [4.78, 5) is 8.56. The van der Waals surface area contributed by atoms with Crippen LogP contribution in [0, 0.1) is 11.3 Å². The van der Waals surface area contributed by atoms with E-state index in [1.54, 1.807) is 24.3 Å². The highest BCUT2D eigenvalue weighted by Gasteiger charge is 2.06. The van der Waals surface area contributed by atoms with Gasteiger partial charge in [-0.05, 0) is 48.5 Å². The Balaban J connectivity index is 1.49. The summed E-state index contributed by atoms with van der Waals surface area (Å²) in [6, 6.07) is 28.2. The molecule has 0 aliphatic heterocycles. The van der Waals surface area contributed by atoms with E-state index in [-0.39, 0.29) is 5.95 Å². The zero-order valence-electron chi connectivity index (χ0n) is 15.4. The monoisotopic (exact) mass is 379 g/mol. The quantitative estimate of drug-likeness (QED) is 0.499. The van der Waals surface area contributed by atoms with Crippen molar-refractivity contribution in [2.24, 2.45) is 0 Å². The summed E-state index contributed by atoms with van der Waals surface area (Å²) in [5.74, 6) is 2.17. The lowest BCUT2D eigenvalue weighted by Gasteiger charge is -2.10. The number of nitrogens with one attached hydrogen (secondary N) is 1. The van der Waals surface area contributed by atoms with Crippen molar-refractivity contribution >= 4 is 17.5 Å². The summed E-state index contributed by atoms with van der Waals surface area (Å²) in [5.41, 5.74) is 9.03. The van der Waals surface area contributed by atoms with Gasteiger partial charge in [0.05, 0.1) is 17.3 Å². The van der Waals surface area contributed by atoms with Gasteiger partial charge in [-0.2, -0.15) is 10.2 Å². The molecule has 3 N–H and O–H groups in total. The maximum Gasteiger partial charge on any atom is 0.222 e. The Morgan fingerprint density at radius 1 is 0.828 bits per heavy atom. The van der Waals surface area contributed by atoms with E-state index in [1.165, 1.54) is 0 Å². The van der Waals surface area contributed by atoms with Crippen LogP contribution < -0.4 is 15.8 Å². The van der Waals surface area contributed by atoms with Crippen molar-refractivity contribution < 1.29 is 4.74 Å². The predicted molar refractivity (Wildman–Crippen MR) is 113 cm³/mol. The molecule has 140 valence electrons. The molecule has 0 aliphatic rings. The summed E-state index contributed by atoms with van der Waals surface area (Å²) in [6.45, 7) is 0. The molecule has 1 aromatic heterocycles. The number of nitrogen functional groups attached to an aromatic ring is 1. The van der Waals surface area contributed by atoms with E-state index in [0.717, 1.165) is 16.9 Å². The average Bonchev–Trinajstić information content (AvgIpc) is 2.76. The van der Waals surface area contributed by atoms with Gasteiger partial charge in [0.25, 0.3) is 0 Å². The van der Waals surface area contributed by atoms with Crippen LogP contribution in [-0.2, 0) is 0 Å². The Morgan fingerprint density at radius 2 is 1.48 bits per heavy atom. The van der Waals surface area contributed by atoms with E-state index in [2.05, 4.69) is 21.4 Å². The Hall–Kier alpha value is -4.37. The second kappa shape index (κ2) is 8.11. The smallest absolute Gasteiger partial charge is 0.222 e. The number of rotatable bonds is 5. The maximum absolute atomic E-state index is 8.85. The molecule has 0 amide bonds. The number of nitriles is 1. The van der Waals surface area contributed by atoms with Gasteiger partial charge in [-0.1, -0.05) is 30.3 Å². The summed E-state index contributed by atoms with van der Waals surface area (Å²) >= 11 is 0. The molecule has 1 heterocycles. The molecule has 0 atom stereocenters. The SMILES string of the molecule is N#Cc1ccc(Oc2ccc(Nc3cc(-c4ccccc4)nc(N)n3)cc2)cc1. The fraction of sp³-hybridized carbons (Fsp3) is 0. The fourth-order valence-corrected chi connectivity index (χ4v) is 2.77. The highest BCUT2D eigenvalue weighted by atomic mass is 16.5. The zero-order valence-corrected chi connectivity index (χ0v) is 15.4. The van der Waals surface area contributed by atoms with Crippen molar-refractivity contribution in [3.63, 3.8) is 0 Å². The van der Waals surface area contributed by atoms with Crippen LogP contribution in [0.4, 0.5) is 17.5 Å². The minimum absolute atomic E-state index is 0.203. The van der Waals surface area contributed by atoms with Crippen molar-refractivity contribution in [2.75, 3.05) is 11.1 Å². The Kier molecular flexibility index (Phi) is 5.04. The first-order valence-electron chi connectivity index (χ1n) is 8.95. The molecule has 0 unspecified atom stereocenters. The Bertz CT molecular complexity index is 1150. The first-order chi connectivity index (χ1) is 14.2. The minimum atomic E-state index is 0.203. The molecule has 0 aliphatic carbocycles. The van der Waals surface area contributed by atoms with Crippen molar-refractivity contribution in [1.29, 1.82) is 5.26 Å². The van der Waals surface area contributed by atoms with Gasteiger partial charge in [-0.15, -0.1) is 0 Å². The number of nitrogens with two attached hydrogens (primary N) is 1. The molecule has 4 rings (SSSR count). The molecule has 6 heteroatoms. The normalized spacial score (nSPS) is 10.2. The van der Waals surface area contributed by atoms with Gasteiger partial charge in [0.2, 0.25) is 5.95 Å². The third-order valence-corrected chi connectivity index (χ3v) is 4.16. The number of ether oxygens (including phenoxy) is 1. The first-order valence-corrected chi connectivity index (χ1v) is 8.95. The van der Waals surface area contributed by atoms with Gasteiger partial charge in [-0.3, -0.25) is 0 Å². The van der Waals surface area contributed by atoms with Crippen LogP contribution in [0.25, 0.3) is 11.3 Å². The number of aromatic nitrogens is 2. The van der Waals surface area contributed by atoms with E-state index >= 15 is 0 Å². The van der Waals surface area contributed by atoms with Crippen molar-refractivity contribution in [3.8, 4) is 28.8 Å². The van der Waals surface area contributed by atoms with Crippen LogP contribution in [0.5, 0.6) is 11.5 Å². The third kappa shape index (κ3) is 4.49. The van der Waals surface area contributed by atoms with Gasteiger partial charge < -0.3 is 15.8 Å². The second-order valence-electron chi connectivity index (χ2n) is 6.25. The highest BCUT2D eigenvalue weighted by molar-refractivity contribution is 5.67. The Morgan fingerprint density at radius 3 is 2.14 bits per heavy atom. The molecular formula is C23H17N5O. The number of hydrogen-bond acceptors (Lipinski definition) is 6. The van der Waals surface area contributed by atoms with Crippen LogP contribution in [0.15, 0.2) is 84.9 Å². The molecule has 0 radical (unpaired) electrons. The van der Waals surface area contributed by atoms with Crippen molar-refractivity contribution in [3.05, 3.63) is 90.5 Å². The van der Waals surface area contributed by atoms with E-state index in [1.807, 2.05) is 60.7 Å². The summed E-state index contributed by atoms with van der Waals surface area (Å²) in [5, 5.41) is 12.1. The maximum atomic E-state index is 8.85. The van der Waals surface area contributed by atoms with Crippen LogP contribution in [0.3, 0.4) is 0 Å². The van der Waals surface area contributed by atoms with Crippen LogP contribution in [0.1, 0.15) is 5.56 Å². The molecule has 29 heavy (non-hydrogen) atoms. The Labute approximate surface area is 168 Å². The van der Waals surface area contributed by atoms with Crippen LogP contribution in [0.2, 0.25) is 0 Å². The summed E-state index contributed by atoms with van der Waals surface area (Å²) < 4.78 is 5.80. The lowest BCUT2D eigenvalue weighted by atomic mass is 10.1. The van der Waals surface area contributed by atoms with Gasteiger partial charge in [-0.25, -0.2) is 4.98 Å². The zero-order chi connectivity index (χ0) is 20.1. The molecule has 0 saturated carbocycles. The largest absolute Gasteiger partial charge is 0.457 e. The van der Waals surface area contributed by atoms with Gasteiger partial charge >= 0.3 is 0 Å². The molecule has 0 saturated heterocycles. The number of nitrogens with zero attached hydrogens (tertiary/aromatic N) is 3. The average molecular weight is 379 g/mol. The predicted octanol–water partition coefficient (Wildman–Crippen LogP) is 5.13. The lowest BCUT2D eigenvalue weighted by molar-refractivity contribution is 0.483. The standard InChI is InChI=1S/C23H17N5O/c24-15-16-6-10-19(11-7-16)29-20-12-8-18(9-13-20)26-22-14-21(27-23(25)28-22)17-4-2-1-3-5-17/h1-14H,(H3,25,26,27,28).